The number of rotatable bonds is 5. The summed E-state index contributed by atoms with van der Waals surface area (Å²) in [6.07, 6.45) is 10.2. The van der Waals surface area contributed by atoms with Crippen LogP contribution < -0.4 is 0 Å². The van der Waals surface area contributed by atoms with Gasteiger partial charge in [0.25, 0.3) is 0 Å². The molecule has 21 heavy (non-hydrogen) atoms. The monoisotopic (exact) mass is 284 g/mol. The number of nitrogens with one attached hydrogen (secondary N) is 1. The first-order chi connectivity index (χ1) is 10.3. The van der Waals surface area contributed by atoms with Gasteiger partial charge in [-0.15, -0.1) is 5.16 Å². The molecule has 0 saturated carbocycles. The van der Waals surface area contributed by atoms with Crippen LogP contribution in [0.2, 0.25) is 0 Å². The van der Waals surface area contributed by atoms with Crippen LogP contribution in [0.3, 0.4) is 0 Å². The Morgan fingerprint density at radius 3 is 3.19 bits per heavy atom. The number of aromatic nitrogens is 5. The molecule has 108 valence electrons. The Hall–Kier alpha value is -2.70. The van der Waals surface area contributed by atoms with Crippen molar-refractivity contribution >= 4 is 17.2 Å². The standard InChI is InChI=1S/C14H16N6O/c1-2-11(3-6-19-21)20-8-10(7-18-20)13-12-4-5-15-14(12)17-9-16-13/h4-9,11,21H,2-3H2,1H3,(H,15,16,17)/b19-6+/t11-/m0/s1. The van der Waals surface area contributed by atoms with Gasteiger partial charge in [-0.2, -0.15) is 5.10 Å². The van der Waals surface area contributed by atoms with Gasteiger partial charge in [-0.25, -0.2) is 9.97 Å². The Morgan fingerprint density at radius 1 is 1.48 bits per heavy atom. The van der Waals surface area contributed by atoms with Crippen molar-refractivity contribution in [1.82, 2.24) is 24.7 Å². The topological polar surface area (TPSA) is 92.0 Å². The lowest BCUT2D eigenvalue weighted by Gasteiger charge is -2.12. The molecule has 0 fully saturated rings. The lowest BCUT2D eigenvalue weighted by atomic mass is 10.1. The van der Waals surface area contributed by atoms with Gasteiger partial charge in [-0.1, -0.05) is 6.92 Å². The molecule has 3 aromatic rings. The fourth-order valence-electron chi connectivity index (χ4n) is 2.39. The van der Waals surface area contributed by atoms with Gasteiger partial charge in [0.15, 0.2) is 0 Å². The fourth-order valence-corrected chi connectivity index (χ4v) is 2.39. The highest BCUT2D eigenvalue weighted by Crippen LogP contribution is 2.25. The van der Waals surface area contributed by atoms with Crippen molar-refractivity contribution in [2.75, 3.05) is 0 Å². The molecular formula is C14H16N6O. The summed E-state index contributed by atoms with van der Waals surface area (Å²) in [5.74, 6) is 0. The predicted octanol–water partition coefficient (Wildman–Crippen LogP) is 2.62. The minimum Gasteiger partial charge on any atom is -0.411 e. The quantitative estimate of drug-likeness (QED) is 0.428. The van der Waals surface area contributed by atoms with Crippen LogP contribution in [0.15, 0.2) is 36.1 Å². The number of fused-ring (bicyclic) bond motifs is 1. The van der Waals surface area contributed by atoms with E-state index >= 15 is 0 Å². The third-order valence-corrected chi connectivity index (χ3v) is 3.53. The molecule has 0 unspecified atom stereocenters. The molecule has 0 saturated heterocycles. The van der Waals surface area contributed by atoms with E-state index in [0.29, 0.717) is 6.42 Å². The summed E-state index contributed by atoms with van der Waals surface area (Å²) in [7, 11) is 0. The largest absolute Gasteiger partial charge is 0.411 e. The van der Waals surface area contributed by atoms with E-state index in [1.165, 1.54) is 6.21 Å². The average molecular weight is 284 g/mol. The molecule has 1 atom stereocenters. The van der Waals surface area contributed by atoms with E-state index in [4.69, 9.17) is 5.21 Å². The SMILES string of the molecule is CC[C@@H](C/C=N/O)n1cc(-c2ncnc3[nH]ccc23)cn1. The number of H-pyrrole nitrogens is 1. The molecule has 3 heterocycles. The average Bonchev–Trinajstić information content (AvgIpc) is 3.16. The molecule has 0 aliphatic carbocycles. The number of hydrogen-bond acceptors (Lipinski definition) is 5. The summed E-state index contributed by atoms with van der Waals surface area (Å²) in [6.45, 7) is 2.08. The van der Waals surface area contributed by atoms with E-state index in [9.17, 15) is 0 Å². The summed E-state index contributed by atoms with van der Waals surface area (Å²) in [4.78, 5) is 11.6. The molecule has 0 aromatic carbocycles. The second-order valence-corrected chi connectivity index (χ2v) is 4.77. The van der Waals surface area contributed by atoms with Crippen LogP contribution in [0.5, 0.6) is 0 Å². The highest BCUT2D eigenvalue weighted by atomic mass is 16.4. The first kappa shape index (κ1) is 13.3. The molecule has 0 aliphatic heterocycles. The minimum atomic E-state index is 0.165. The van der Waals surface area contributed by atoms with E-state index in [0.717, 1.165) is 28.7 Å². The maximum atomic E-state index is 8.55. The molecule has 3 rings (SSSR count). The lowest BCUT2D eigenvalue weighted by molar-refractivity contribution is 0.318. The van der Waals surface area contributed by atoms with E-state index < -0.39 is 0 Å². The van der Waals surface area contributed by atoms with Crippen LogP contribution in [0, 0.1) is 0 Å². The van der Waals surface area contributed by atoms with Gasteiger partial charge in [0.05, 0.1) is 17.9 Å². The van der Waals surface area contributed by atoms with E-state index in [-0.39, 0.29) is 6.04 Å². The van der Waals surface area contributed by atoms with Crippen LogP contribution in [0.4, 0.5) is 0 Å². The van der Waals surface area contributed by atoms with Gasteiger partial charge in [0, 0.05) is 36.0 Å². The molecular weight excluding hydrogens is 268 g/mol. The fraction of sp³-hybridized carbons (Fsp3) is 0.286. The van der Waals surface area contributed by atoms with Crippen LogP contribution >= 0.6 is 0 Å². The molecule has 0 radical (unpaired) electrons. The molecule has 2 N–H and O–H groups in total. The van der Waals surface area contributed by atoms with Gasteiger partial charge < -0.3 is 10.2 Å². The number of aromatic amines is 1. The Kier molecular flexibility index (Phi) is 3.63. The maximum Gasteiger partial charge on any atom is 0.141 e. The van der Waals surface area contributed by atoms with E-state index in [2.05, 4.69) is 32.1 Å². The zero-order chi connectivity index (χ0) is 14.7. The normalized spacial score (nSPS) is 13.2. The summed E-state index contributed by atoms with van der Waals surface area (Å²) in [6, 6.07) is 2.12. The Morgan fingerprint density at radius 2 is 2.38 bits per heavy atom. The van der Waals surface area contributed by atoms with Crippen molar-refractivity contribution < 1.29 is 5.21 Å². The third-order valence-electron chi connectivity index (χ3n) is 3.53. The van der Waals surface area contributed by atoms with Crippen molar-refractivity contribution in [3.05, 3.63) is 31.0 Å². The summed E-state index contributed by atoms with van der Waals surface area (Å²) in [5.41, 5.74) is 2.62. The number of nitrogens with zero attached hydrogens (tertiary/aromatic N) is 5. The van der Waals surface area contributed by atoms with Gasteiger partial charge in [0.2, 0.25) is 0 Å². The minimum absolute atomic E-state index is 0.165. The zero-order valence-corrected chi connectivity index (χ0v) is 11.6. The van der Waals surface area contributed by atoms with Gasteiger partial charge in [-0.3, -0.25) is 4.68 Å². The molecule has 0 aliphatic rings. The molecule has 3 aromatic heterocycles. The maximum absolute atomic E-state index is 8.55. The summed E-state index contributed by atoms with van der Waals surface area (Å²) < 4.78 is 1.89. The molecule has 0 bridgehead atoms. The smallest absolute Gasteiger partial charge is 0.141 e. The highest BCUT2D eigenvalue weighted by molar-refractivity contribution is 5.89. The molecule has 0 spiro atoms. The van der Waals surface area contributed by atoms with Crippen LogP contribution in [0.25, 0.3) is 22.3 Å². The molecule has 7 heteroatoms. The van der Waals surface area contributed by atoms with Crippen molar-refractivity contribution in [3.63, 3.8) is 0 Å². The third kappa shape index (κ3) is 2.49. The Labute approximate surface area is 121 Å². The van der Waals surface area contributed by atoms with Crippen LogP contribution in [0.1, 0.15) is 25.8 Å². The summed E-state index contributed by atoms with van der Waals surface area (Å²) >= 11 is 0. The van der Waals surface area contributed by atoms with Gasteiger partial charge in [0.1, 0.15) is 12.0 Å². The van der Waals surface area contributed by atoms with Gasteiger partial charge in [-0.05, 0) is 12.5 Å². The van der Waals surface area contributed by atoms with Gasteiger partial charge >= 0.3 is 0 Å². The van der Waals surface area contributed by atoms with Crippen molar-refractivity contribution in [2.24, 2.45) is 5.16 Å². The van der Waals surface area contributed by atoms with E-state index in [1.807, 2.05) is 23.1 Å². The summed E-state index contributed by atoms with van der Waals surface area (Å²) in [5, 5.41) is 17.0. The molecule has 0 amide bonds. The zero-order valence-electron chi connectivity index (χ0n) is 11.6. The predicted molar refractivity (Wildman–Crippen MR) is 79.3 cm³/mol. The van der Waals surface area contributed by atoms with Crippen molar-refractivity contribution in [1.29, 1.82) is 0 Å². The number of hydrogen-bond donors (Lipinski definition) is 2. The van der Waals surface area contributed by atoms with Crippen molar-refractivity contribution in [3.8, 4) is 11.3 Å². The lowest BCUT2D eigenvalue weighted by Crippen LogP contribution is -2.08. The first-order valence-corrected chi connectivity index (χ1v) is 6.82. The Balaban J connectivity index is 1.96. The number of oxime groups is 1. The second-order valence-electron chi connectivity index (χ2n) is 4.77. The Bertz CT molecular complexity index is 760. The van der Waals surface area contributed by atoms with Crippen LogP contribution in [-0.4, -0.2) is 36.2 Å². The highest BCUT2D eigenvalue weighted by Gasteiger charge is 2.13. The van der Waals surface area contributed by atoms with E-state index in [1.54, 1.807) is 12.5 Å². The van der Waals surface area contributed by atoms with Crippen LogP contribution in [-0.2, 0) is 0 Å². The van der Waals surface area contributed by atoms with Crippen molar-refractivity contribution in [2.45, 2.75) is 25.8 Å². The second kappa shape index (κ2) is 5.74. The first-order valence-electron chi connectivity index (χ1n) is 6.82. The molecule has 7 nitrogen and oxygen atoms in total.